The molecule has 0 radical (unpaired) electrons. The van der Waals surface area contributed by atoms with Crippen molar-refractivity contribution in [1.29, 1.82) is 0 Å². The largest absolute Gasteiger partial charge is 0.481 e. The maximum Gasteiger partial charge on any atom is 0.303 e. The molecule has 0 fully saturated rings. The number of carbonyl (C=O) groups is 1. The standard InChI is InChI=1S/C22H44O3/c1-20(19-22(2,3)25)17-15-13-11-9-7-5-4-6-8-10-12-14-16-18-21(23)24/h20,25H,4-19H2,1-3H3,(H,23,24). The minimum absolute atomic E-state index is 0.332. The molecule has 0 aromatic rings. The van der Waals surface area contributed by atoms with Crippen LogP contribution in [0.3, 0.4) is 0 Å². The quantitative estimate of drug-likeness (QED) is 0.268. The lowest BCUT2D eigenvalue weighted by Gasteiger charge is -2.21. The highest BCUT2D eigenvalue weighted by Gasteiger charge is 2.16. The Morgan fingerprint density at radius 3 is 1.48 bits per heavy atom. The number of rotatable bonds is 18. The number of hydrogen-bond donors (Lipinski definition) is 2. The summed E-state index contributed by atoms with van der Waals surface area (Å²) in [6.45, 7) is 6.07. The first-order chi connectivity index (χ1) is 11.8. The molecule has 0 spiro atoms. The first kappa shape index (κ1) is 24.4. The van der Waals surface area contributed by atoms with Gasteiger partial charge in [-0.1, -0.05) is 90.4 Å². The molecule has 3 nitrogen and oxygen atoms in total. The van der Waals surface area contributed by atoms with Crippen LogP contribution in [0, 0.1) is 5.92 Å². The van der Waals surface area contributed by atoms with Gasteiger partial charge in [0.25, 0.3) is 0 Å². The van der Waals surface area contributed by atoms with Crippen LogP contribution in [-0.2, 0) is 4.79 Å². The topological polar surface area (TPSA) is 57.5 Å². The summed E-state index contributed by atoms with van der Waals surface area (Å²) >= 11 is 0. The van der Waals surface area contributed by atoms with Crippen LogP contribution in [0.25, 0.3) is 0 Å². The van der Waals surface area contributed by atoms with E-state index in [1.54, 1.807) is 0 Å². The van der Waals surface area contributed by atoms with E-state index in [0.717, 1.165) is 19.3 Å². The average molecular weight is 357 g/mol. The Morgan fingerprint density at radius 2 is 1.12 bits per heavy atom. The van der Waals surface area contributed by atoms with Gasteiger partial charge in [0.2, 0.25) is 0 Å². The molecule has 3 heteroatoms. The number of aliphatic carboxylic acids is 1. The second-order valence-corrected chi connectivity index (χ2v) is 8.65. The number of aliphatic hydroxyl groups is 1. The fraction of sp³-hybridized carbons (Fsp3) is 0.955. The molecule has 0 aromatic carbocycles. The Bertz CT molecular complexity index is 307. The van der Waals surface area contributed by atoms with E-state index in [0.29, 0.717) is 12.3 Å². The minimum atomic E-state index is -0.663. The molecule has 0 rings (SSSR count). The zero-order valence-electron chi connectivity index (χ0n) is 17.2. The van der Waals surface area contributed by atoms with Crippen molar-refractivity contribution in [3.63, 3.8) is 0 Å². The molecule has 0 saturated heterocycles. The molecule has 25 heavy (non-hydrogen) atoms. The van der Waals surface area contributed by atoms with Crippen molar-refractivity contribution in [1.82, 2.24) is 0 Å². The van der Waals surface area contributed by atoms with Crippen LogP contribution in [0.5, 0.6) is 0 Å². The molecular formula is C22H44O3. The average Bonchev–Trinajstić information content (AvgIpc) is 2.49. The van der Waals surface area contributed by atoms with Crippen molar-refractivity contribution < 1.29 is 15.0 Å². The van der Waals surface area contributed by atoms with Crippen LogP contribution in [0.15, 0.2) is 0 Å². The molecule has 0 aliphatic carbocycles. The normalized spacial score (nSPS) is 13.1. The zero-order valence-corrected chi connectivity index (χ0v) is 17.2. The Labute approximate surface area is 156 Å². The third-order valence-electron chi connectivity index (χ3n) is 4.94. The summed E-state index contributed by atoms with van der Waals surface area (Å²) in [5, 5.41) is 18.4. The number of carboxylic acids is 1. The van der Waals surface area contributed by atoms with Gasteiger partial charge < -0.3 is 10.2 Å². The van der Waals surface area contributed by atoms with E-state index in [9.17, 15) is 9.90 Å². The van der Waals surface area contributed by atoms with Gasteiger partial charge in [-0.2, -0.15) is 0 Å². The first-order valence-electron chi connectivity index (χ1n) is 10.8. The van der Waals surface area contributed by atoms with Crippen molar-refractivity contribution in [2.45, 2.75) is 129 Å². The highest BCUT2D eigenvalue weighted by atomic mass is 16.4. The van der Waals surface area contributed by atoms with Crippen LogP contribution in [0.2, 0.25) is 0 Å². The summed E-state index contributed by atoms with van der Waals surface area (Å²) in [6, 6.07) is 0. The van der Waals surface area contributed by atoms with E-state index < -0.39 is 11.6 Å². The van der Waals surface area contributed by atoms with E-state index in [1.807, 2.05) is 13.8 Å². The second kappa shape index (κ2) is 15.7. The molecule has 0 saturated carbocycles. The van der Waals surface area contributed by atoms with Gasteiger partial charge in [0.15, 0.2) is 0 Å². The Balaban J connectivity index is 3.15. The molecule has 2 N–H and O–H groups in total. The molecule has 1 atom stereocenters. The predicted octanol–water partition coefficient (Wildman–Crippen LogP) is 6.72. The maximum absolute atomic E-state index is 10.4. The fourth-order valence-corrected chi connectivity index (χ4v) is 3.67. The van der Waals surface area contributed by atoms with Gasteiger partial charge in [0.1, 0.15) is 0 Å². The summed E-state index contributed by atoms with van der Waals surface area (Å²) in [7, 11) is 0. The van der Waals surface area contributed by atoms with Gasteiger partial charge in [0, 0.05) is 6.42 Å². The van der Waals surface area contributed by atoms with Gasteiger partial charge in [0.05, 0.1) is 5.60 Å². The van der Waals surface area contributed by atoms with Crippen LogP contribution in [0.1, 0.15) is 124 Å². The molecule has 0 bridgehead atoms. The Hall–Kier alpha value is -0.570. The Morgan fingerprint density at radius 1 is 0.760 bits per heavy atom. The summed E-state index contributed by atoms with van der Waals surface area (Å²) < 4.78 is 0. The van der Waals surface area contributed by atoms with Gasteiger partial charge in [-0.25, -0.2) is 0 Å². The van der Waals surface area contributed by atoms with Crippen LogP contribution in [-0.4, -0.2) is 21.8 Å². The van der Waals surface area contributed by atoms with Crippen molar-refractivity contribution in [3.05, 3.63) is 0 Å². The third-order valence-corrected chi connectivity index (χ3v) is 4.94. The van der Waals surface area contributed by atoms with E-state index in [2.05, 4.69) is 6.92 Å². The molecule has 0 amide bonds. The number of hydrogen-bond acceptors (Lipinski definition) is 2. The SMILES string of the molecule is CC(CCCCCCCCCCCCCCCC(=O)O)CC(C)(C)O. The first-order valence-corrected chi connectivity index (χ1v) is 10.8. The molecular weight excluding hydrogens is 312 g/mol. The highest BCUT2D eigenvalue weighted by molar-refractivity contribution is 5.66. The molecule has 1 unspecified atom stereocenters. The summed E-state index contributed by atoms with van der Waals surface area (Å²) in [4.78, 5) is 10.4. The van der Waals surface area contributed by atoms with Crippen LogP contribution < -0.4 is 0 Å². The van der Waals surface area contributed by atoms with Gasteiger partial charge >= 0.3 is 5.97 Å². The lowest BCUT2D eigenvalue weighted by Crippen LogP contribution is -2.21. The second-order valence-electron chi connectivity index (χ2n) is 8.65. The lowest BCUT2D eigenvalue weighted by atomic mass is 9.91. The van der Waals surface area contributed by atoms with Crippen LogP contribution >= 0.6 is 0 Å². The molecule has 0 aliphatic heterocycles. The lowest BCUT2D eigenvalue weighted by molar-refractivity contribution is -0.137. The number of unbranched alkanes of at least 4 members (excludes halogenated alkanes) is 12. The van der Waals surface area contributed by atoms with E-state index in [4.69, 9.17) is 5.11 Å². The van der Waals surface area contributed by atoms with Crippen molar-refractivity contribution >= 4 is 5.97 Å². The summed E-state index contributed by atoms with van der Waals surface area (Å²) in [6.07, 6.45) is 19.0. The molecule has 0 aromatic heterocycles. The van der Waals surface area contributed by atoms with Gasteiger partial charge in [-0.3, -0.25) is 4.79 Å². The summed E-state index contributed by atoms with van der Waals surface area (Å²) in [5.74, 6) is -0.0345. The highest BCUT2D eigenvalue weighted by Crippen LogP contribution is 2.21. The monoisotopic (exact) mass is 356 g/mol. The minimum Gasteiger partial charge on any atom is -0.481 e. The molecule has 150 valence electrons. The molecule has 0 aliphatic rings. The van der Waals surface area contributed by atoms with Crippen molar-refractivity contribution in [3.8, 4) is 0 Å². The zero-order chi connectivity index (χ0) is 19.0. The van der Waals surface area contributed by atoms with E-state index in [-0.39, 0.29) is 0 Å². The Kier molecular flexibility index (Phi) is 15.3. The predicted molar refractivity (Wildman–Crippen MR) is 107 cm³/mol. The van der Waals surface area contributed by atoms with E-state index >= 15 is 0 Å². The smallest absolute Gasteiger partial charge is 0.303 e. The van der Waals surface area contributed by atoms with Crippen LogP contribution in [0.4, 0.5) is 0 Å². The van der Waals surface area contributed by atoms with Gasteiger partial charge in [-0.05, 0) is 32.6 Å². The molecule has 0 heterocycles. The van der Waals surface area contributed by atoms with E-state index in [1.165, 1.54) is 77.0 Å². The summed E-state index contributed by atoms with van der Waals surface area (Å²) in [5.41, 5.74) is -0.516. The fourth-order valence-electron chi connectivity index (χ4n) is 3.67. The van der Waals surface area contributed by atoms with Gasteiger partial charge in [-0.15, -0.1) is 0 Å². The number of carboxylic acid groups (broad SMARTS) is 1. The van der Waals surface area contributed by atoms with Crippen molar-refractivity contribution in [2.75, 3.05) is 0 Å². The van der Waals surface area contributed by atoms with Crippen molar-refractivity contribution in [2.24, 2.45) is 5.92 Å². The maximum atomic E-state index is 10.4. The third kappa shape index (κ3) is 21.4.